The first kappa shape index (κ1) is 25.3. The zero-order valence-electron chi connectivity index (χ0n) is 19.5. The number of H-pyrrole nitrogens is 1. The van der Waals surface area contributed by atoms with Crippen LogP contribution >= 0.6 is 11.6 Å². The number of hydrogen-bond donors (Lipinski definition) is 4. The Bertz CT molecular complexity index is 1500. The minimum atomic E-state index is -4.59. The fourth-order valence-electron chi connectivity index (χ4n) is 3.80. The van der Waals surface area contributed by atoms with Crippen molar-refractivity contribution in [3.05, 3.63) is 77.3 Å². The van der Waals surface area contributed by atoms with Crippen LogP contribution in [0.5, 0.6) is 5.75 Å². The van der Waals surface area contributed by atoms with Gasteiger partial charge < -0.3 is 25.7 Å². The Kier molecular flexibility index (Phi) is 6.57. The lowest BCUT2D eigenvalue weighted by atomic mass is 10.1. The Morgan fingerprint density at radius 2 is 1.89 bits per heavy atom. The number of pyridine rings is 1. The third kappa shape index (κ3) is 5.65. The number of carbonyl (C=O) groups is 2. The van der Waals surface area contributed by atoms with Crippen LogP contribution in [0.3, 0.4) is 0 Å². The molecule has 2 aromatic carbocycles. The van der Waals surface area contributed by atoms with Crippen molar-refractivity contribution < 1.29 is 27.5 Å². The minimum absolute atomic E-state index is 0.0289. The molecule has 0 atom stereocenters. The highest BCUT2D eigenvalue weighted by Gasteiger charge is 2.51. The number of amides is 2. The third-order valence-corrected chi connectivity index (χ3v) is 6.19. The average Bonchev–Trinajstić information content (AvgIpc) is 3.50. The molecule has 0 saturated heterocycles. The molecule has 13 heteroatoms. The first-order valence-electron chi connectivity index (χ1n) is 11.4. The lowest BCUT2D eigenvalue weighted by molar-refractivity contribution is -0.137. The molecule has 1 saturated carbocycles. The maximum atomic E-state index is 13.3. The number of nitrogens with one attached hydrogen (secondary N) is 4. The highest BCUT2D eigenvalue weighted by atomic mass is 35.5. The van der Waals surface area contributed by atoms with Gasteiger partial charge in [-0.2, -0.15) is 13.2 Å². The summed E-state index contributed by atoms with van der Waals surface area (Å²) < 4.78 is 45.2. The van der Waals surface area contributed by atoms with E-state index < -0.39 is 29.3 Å². The summed E-state index contributed by atoms with van der Waals surface area (Å²) in [4.78, 5) is 36.4. The highest BCUT2D eigenvalue weighted by Crippen LogP contribution is 2.38. The summed E-state index contributed by atoms with van der Waals surface area (Å²) >= 11 is 5.71. The Hall–Kier alpha value is -4.32. The molecule has 9 nitrogen and oxygen atoms in total. The molecule has 0 radical (unpaired) electrons. The summed E-state index contributed by atoms with van der Waals surface area (Å²) in [5.74, 6) is -0.102. The Morgan fingerprint density at radius 3 is 2.61 bits per heavy atom. The van der Waals surface area contributed by atoms with Crippen molar-refractivity contribution in [1.29, 1.82) is 0 Å². The number of aromatic amines is 1. The number of halogens is 4. The van der Waals surface area contributed by atoms with E-state index in [1.807, 2.05) is 0 Å². The van der Waals surface area contributed by atoms with Gasteiger partial charge in [0.15, 0.2) is 0 Å². The maximum Gasteiger partial charge on any atom is 0.418 e. The molecule has 4 aromatic rings. The molecule has 4 N–H and O–H groups in total. The van der Waals surface area contributed by atoms with Crippen LogP contribution in [0, 0.1) is 0 Å². The predicted molar refractivity (Wildman–Crippen MR) is 133 cm³/mol. The van der Waals surface area contributed by atoms with Gasteiger partial charge in [0.25, 0.3) is 0 Å². The van der Waals surface area contributed by atoms with E-state index in [2.05, 4.69) is 30.9 Å². The van der Waals surface area contributed by atoms with Gasteiger partial charge in [0.1, 0.15) is 11.3 Å². The van der Waals surface area contributed by atoms with Gasteiger partial charge in [0.2, 0.25) is 5.91 Å². The van der Waals surface area contributed by atoms with Crippen LogP contribution in [-0.4, -0.2) is 32.5 Å². The number of benzene rings is 2. The highest BCUT2D eigenvalue weighted by molar-refractivity contribution is 6.30. The van der Waals surface area contributed by atoms with Crippen molar-refractivity contribution in [2.24, 2.45) is 0 Å². The molecule has 0 unspecified atom stereocenters. The second-order valence-corrected chi connectivity index (χ2v) is 9.15. The fraction of sp³-hybridized carbons (Fsp3) is 0.200. The normalized spacial score (nSPS) is 14.1. The first-order valence-corrected chi connectivity index (χ1v) is 11.8. The summed E-state index contributed by atoms with van der Waals surface area (Å²) in [6.07, 6.45) is -1.57. The molecule has 1 aliphatic carbocycles. The number of alkyl halides is 3. The van der Waals surface area contributed by atoms with Crippen LogP contribution in [0.1, 0.15) is 24.1 Å². The van der Waals surface area contributed by atoms with Gasteiger partial charge in [0, 0.05) is 11.1 Å². The maximum absolute atomic E-state index is 13.3. The number of ether oxygens (including phenoxy) is 1. The first-order chi connectivity index (χ1) is 18.1. The zero-order valence-corrected chi connectivity index (χ0v) is 20.3. The smallest absolute Gasteiger partial charge is 0.410 e. The van der Waals surface area contributed by atoms with E-state index in [4.69, 9.17) is 16.3 Å². The minimum Gasteiger partial charge on any atom is -0.410 e. The van der Waals surface area contributed by atoms with Crippen LogP contribution in [0.15, 0.2) is 61.1 Å². The van der Waals surface area contributed by atoms with E-state index in [-0.39, 0.29) is 23.0 Å². The molecule has 1 fully saturated rings. The standard InChI is InChI=1S/C25H20ClF3N6O3/c26-14-1-5-19(18(9-14)25(27,28)29)34-16-3-2-15(30-12-16)11-31-22(36)24(7-8-24)35-23(37)38-17-4-6-20-21(10-17)33-13-32-20/h1-6,9-10,12-13,34H,7-8,11H2,(H,31,36)(H,32,33)(H,35,37). The lowest BCUT2D eigenvalue weighted by Crippen LogP contribution is -2.49. The van der Waals surface area contributed by atoms with E-state index in [0.29, 0.717) is 29.7 Å². The van der Waals surface area contributed by atoms with Crippen molar-refractivity contribution in [3.8, 4) is 5.75 Å². The summed E-state index contributed by atoms with van der Waals surface area (Å²) in [7, 11) is 0. The fourth-order valence-corrected chi connectivity index (χ4v) is 3.97. The van der Waals surface area contributed by atoms with E-state index >= 15 is 0 Å². The summed E-state index contributed by atoms with van der Waals surface area (Å²) in [6, 6.07) is 11.5. The van der Waals surface area contributed by atoms with Crippen LogP contribution in [0.4, 0.5) is 29.3 Å². The molecule has 0 aliphatic heterocycles. The summed E-state index contributed by atoms with van der Waals surface area (Å²) in [6.45, 7) is 0.0577. The van der Waals surface area contributed by atoms with E-state index in [0.717, 1.165) is 11.6 Å². The number of anilines is 2. The molecular formula is C25H20ClF3N6O3. The number of aromatic nitrogens is 3. The predicted octanol–water partition coefficient (Wildman–Crippen LogP) is 5.31. The molecule has 0 spiro atoms. The van der Waals surface area contributed by atoms with E-state index in [9.17, 15) is 22.8 Å². The van der Waals surface area contributed by atoms with Crippen molar-refractivity contribution >= 4 is 46.0 Å². The number of rotatable bonds is 7. The molecule has 2 heterocycles. The van der Waals surface area contributed by atoms with E-state index in [1.54, 1.807) is 30.3 Å². The Labute approximate surface area is 218 Å². The van der Waals surface area contributed by atoms with Gasteiger partial charge in [-0.05, 0) is 55.3 Å². The van der Waals surface area contributed by atoms with Gasteiger partial charge in [-0.15, -0.1) is 0 Å². The molecule has 38 heavy (non-hydrogen) atoms. The summed E-state index contributed by atoms with van der Waals surface area (Å²) in [5, 5.41) is 8.00. The van der Waals surface area contributed by atoms with Crippen molar-refractivity contribution in [2.75, 3.05) is 5.32 Å². The average molecular weight is 545 g/mol. The molecule has 2 amide bonds. The SMILES string of the molecule is O=C(NC1(C(=O)NCc2ccc(Nc3ccc(Cl)cc3C(F)(F)F)cn2)CC1)Oc1ccc2[nH]cnc2c1. The van der Waals surface area contributed by atoms with Crippen LogP contribution in [-0.2, 0) is 17.5 Å². The van der Waals surface area contributed by atoms with Gasteiger partial charge in [0.05, 0.1) is 52.7 Å². The zero-order chi connectivity index (χ0) is 26.9. The van der Waals surface area contributed by atoms with Crippen molar-refractivity contribution in [3.63, 3.8) is 0 Å². The van der Waals surface area contributed by atoms with Crippen molar-refractivity contribution in [1.82, 2.24) is 25.6 Å². The molecule has 0 bridgehead atoms. The number of imidazole rings is 1. The van der Waals surface area contributed by atoms with E-state index in [1.165, 1.54) is 24.7 Å². The second kappa shape index (κ2) is 9.86. The Morgan fingerprint density at radius 1 is 1.08 bits per heavy atom. The van der Waals surface area contributed by atoms with Gasteiger partial charge >= 0.3 is 12.3 Å². The summed E-state index contributed by atoms with van der Waals surface area (Å²) in [5.41, 5.74) is 0.0933. The van der Waals surface area contributed by atoms with Crippen LogP contribution in [0.2, 0.25) is 5.02 Å². The Balaban J connectivity index is 1.15. The molecule has 5 rings (SSSR count). The molecule has 2 aromatic heterocycles. The van der Waals surface area contributed by atoms with Crippen molar-refractivity contribution in [2.45, 2.75) is 31.1 Å². The number of carbonyl (C=O) groups excluding carboxylic acids is 2. The van der Waals surface area contributed by atoms with Gasteiger partial charge in [-0.3, -0.25) is 9.78 Å². The third-order valence-electron chi connectivity index (χ3n) is 5.95. The quantitative estimate of drug-likeness (QED) is 0.250. The van der Waals surface area contributed by atoms with Crippen LogP contribution in [0.25, 0.3) is 11.0 Å². The molecule has 1 aliphatic rings. The lowest BCUT2D eigenvalue weighted by Gasteiger charge is -2.17. The number of fused-ring (bicyclic) bond motifs is 1. The second-order valence-electron chi connectivity index (χ2n) is 8.71. The number of hydrogen-bond acceptors (Lipinski definition) is 6. The van der Waals surface area contributed by atoms with Crippen LogP contribution < -0.4 is 20.7 Å². The van der Waals surface area contributed by atoms with Gasteiger partial charge in [-0.25, -0.2) is 9.78 Å². The number of nitrogens with zero attached hydrogens (tertiary/aromatic N) is 2. The largest absolute Gasteiger partial charge is 0.418 e. The topological polar surface area (TPSA) is 121 Å². The molecular weight excluding hydrogens is 525 g/mol. The molecule has 196 valence electrons. The monoisotopic (exact) mass is 544 g/mol. The van der Waals surface area contributed by atoms with Gasteiger partial charge in [-0.1, -0.05) is 11.6 Å².